The number of hydrogen-bond donors (Lipinski definition) is 1. The molecule has 0 atom stereocenters. The number of ether oxygens (including phenoxy) is 1. The summed E-state index contributed by atoms with van der Waals surface area (Å²) in [7, 11) is 1.76. The van der Waals surface area contributed by atoms with Crippen molar-refractivity contribution < 1.29 is 14.6 Å². The van der Waals surface area contributed by atoms with Gasteiger partial charge in [-0.3, -0.25) is 4.68 Å². The Balaban J connectivity index is 1.98. The monoisotopic (exact) mass is 314 g/mol. The summed E-state index contributed by atoms with van der Waals surface area (Å²) in [5, 5.41) is 13.2. The number of aromatic nitrogens is 2. The molecule has 0 unspecified atom stereocenters. The van der Waals surface area contributed by atoms with E-state index in [1.54, 1.807) is 17.8 Å². The van der Waals surface area contributed by atoms with Crippen LogP contribution in [-0.2, 0) is 7.05 Å². The first-order valence-corrected chi connectivity index (χ1v) is 7.97. The van der Waals surface area contributed by atoms with E-state index in [0.717, 1.165) is 34.7 Å². The Morgan fingerprint density at radius 1 is 1.30 bits per heavy atom. The van der Waals surface area contributed by atoms with Crippen molar-refractivity contribution in [2.24, 2.45) is 13.0 Å². The molecule has 0 spiro atoms. The van der Waals surface area contributed by atoms with Crippen LogP contribution in [0.5, 0.6) is 5.75 Å². The van der Waals surface area contributed by atoms with Crippen LogP contribution in [0.3, 0.4) is 0 Å². The Hall–Kier alpha value is -2.30. The van der Waals surface area contributed by atoms with Crippen LogP contribution in [0, 0.1) is 19.8 Å². The average Bonchev–Trinajstić information content (AvgIpc) is 2.83. The van der Waals surface area contributed by atoms with E-state index in [9.17, 15) is 4.79 Å². The lowest BCUT2D eigenvalue weighted by Gasteiger charge is -2.26. The minimum absolute atomic E-state index is 0.0469. The summed E-state index contributed by atoms with van der Waals surface area (Å²) < 4.78 is 7.67. The smallest absolute Gasteiger partial charge is 0.356 e. The molecule has 0 bridgehead atoms. The molecule has 1 aliphatic carbocycles. The van der Waals surface area contributed by atoms with Crippen molar-refractivity contribution in [2.45, 2.75) is 33.1 Å². The summed E-state index contributed by atoms with van der Waals surface area (Å²) in [5.74, 6) is 0.429. The fourth-order valence-electron chi connectivity index (χ4n) is 2.80. The summed E-state index contributed by atoms with van der Waals surface area (Å²) in [6.45, 7) is 4.82. The lowest BCUT2D eigenvalue weighted by atomic mass is 9.86. The molecule has 0 amide bonds. The minimum atomic E-state index is -1.02. The fourth-order valence-corrected chi connectivity index (χ4v) is 2.80. The van der Waals surface area contributed by atoms with E-state index in [-0.39, 0.29) is 5.69 Å². The van der Waals surface area contributed by atoms with Crippen LogP contribution in [0.25, 0.3) is 11.3 Å². The molecule has 3 rings (SSSR count). The largest absolute Gasteiger partial charge is 0.493 e. The van der Waals surface area contributed by atoms with Crippen molar-refractivity contribution >= 4 is 5.97 Å². The van der Waals surface area contributed by atoms with Gasteiger partial charge in [0.1, 0.15) is 5.75 Å². The van der Waals surface area contributed by atoms with Crippen LogP contribution in [0.4, 0.5) is 0 Å². The first-order valence-electron chi connectivity index (χ1n) is 7.97. The van der Waals surface area contributed by atoms with Gasteiger partial charge in [0.05, 0.1) is 12.3 Å². The van der Waals surface area contributed by atoms with Crippen LogP contribution in [0.1, 0.15) is 40.9 Å². The van der Waals surface area contributed by atoms with E-state index >= 15 is 0 Å². The van der Waals surface area contributed by atoms with Gasteiger partial charge in [0.25, 0.3) is 0 Å². The zero-order valence-electron chi connectivity index (χ0n) is 13.8. The Bertz CT molecular complexity index is 745. The molecule has 1 N–H and O–H groups in total. The molecule has 1 aliphatic rings. The van der Waals surface area contributed by atoms with Crippen LogP contribution < -0.4 is 4.74 Å². The van der Waals surface area contributed by atoms with Crippen LogP contribution in [-0.4, -0.2) is 27.5 Å². The van der Waals surface area contributed by atoms with Crippen LogP contribution in [0.15, 0.2) is 18.2 Å². The number of benzene rings is 1. The number of carbonyl (C=O) groups is 1. The lowest BCUT2D eigenvalue weighted by Crippen LogP contribution is -2.19. The standard InChI is InChI=1S/C18H22N2O3/c1-11-7-14(16-9-15(18(21)22)19-20(16)3)17(8-12(11)2)23-10-13-5-4-6-13/h7-9,13H,4-6,10H2,1-3H3,(H,21,22). The van der Waals surface area contributed by atoms with Gasteiger partial charge in [-0.1, -0.05) is 6.42 Å². The second-order valence-electron chi connectivity index (χ2n) is 6.38. The van der Waals surface area contributed by atoms with Gasteiger partial charge in [-0.05, 0) is 61.9 Å². The maximum Gasteiger partial charge on any atom is 0.356 e. The highest BCUT2D eigenvalue weighted by Gasteiger charge is 2.21. The zero-order chi connectivity index (χ0) is 16.6. The molecule has 0 aliphatic heterocycles. The van der Waals surface area contributed by atoms with Gasteiger partial charge >= 0.3 is 5.97 Å². The van der Waals surface area contributed by atoms with Crippen LogP contribution in [0.2, 0.25) is 0 Å². The van der Waals surface area contributed by atoms with Crippen molar-refractivity contribution in [3.8, 4) is 17.0 Å². The maximum atomic E-state index is 11.2. The van der Waals surface area contributed by atoms with Gasteiger partial charge in [-0.2, -0.15) is 5.10 Å². The van der Waals surface area contributed by atoms with Crippen LogP contribution >= 0.6 is 0 Å². The zero-order valence-corrected chi connectivity index (χ0v) is 13.8. The number of carboxylic acid groups (broad SMARTS) is 1. The van der Waals surface area contributed by atoms with Crippen molar-refractivity contribution in [2.75, 3.05) is 6.61 Å². The molecule has 0 radical (unpaired) electrons. The van der Waals surface area contributed by atoms with Crippen molar-refractivity contribution in [3.05, 3.63) is 35.0 Å². The second-order valence-corrected chi connectivity index (χ2v) is 6.38. The van der Waals surface area contributed by atoms with Gasteiger partial charge in [0, 0.05) is 12.6 Å². The first kappa shape index (κ1) is 15.6. The molecule has 122 valence electrons. The van der Waals surface area contributed by atoms with Gasteiger partial charge in [-0.15, -0.1) is 0 Å². The Morgan fingerprint density at radius 3 is 2.57 bits per heavy atom. The number of carboxylic acids is 1. The molecular formula is C18H22N2O3. The van der Waals surface area contributed by atoms with E-state index in [1.807, 2.05) is 19.1 Å². The van der Waals surface area contributed by atoms with E-state index in [2.05, 4.69) is 12.0 Å². The summed E-state index contributed by atoms with van der Waals surface area (Å²) in [5.41, 5.74) is 4.02. The predicted molar refractivity (Wildman–Crippen MR) is 87.9 cm³/mol. The summed E-state index contributed by atoms with van der Waals surface area (Å²) in [4.78, 5) is 11.2. The highest BCUT2D eigenvalue weighted by molar-refractivity contribution is 5.87. The van der Waals surface area contributed by atoms with Crippen molar-refractivity contribution in [1.29, 1.82) is 0 Å². The maximum absolute atomic E-state index is 11.2. The molecule has 1 fully saturated rings. The topological polar surface area (TPSA) is 64.3 Å². The summed E-state index contributed by atoms with van der Waals surface area (Å²) in [6.07, 6.45) is 3.75. The normalized spacial score (nSPS) is 14.6. The van der Waals surface area contributed by atoms with Gasteiger partial charge in [-0.25, -0.2) is 4.79 Å². The number of aromatic carboxylic acids is 1. The quantitative estimate of drug-likeness (QED) is 0.916. The van der Waals surface area contributed by atoms with Gasteiger partial charge < -0.3 is 9.84 Å². The lowest BCUT2D eigenvalue weighted by molar-refractivity contribution is 0.0689. The SMILES string of the molecule is Cc1cc(OCC2CCC2)c(-c2cc(C(=O)O)nn2C)cc1C. The second kappa shape index (κ2) is 6.07. The fraction of sp³-hybridized carbons (Fsp3) is 0.444. The Labute approximate surface area is 135 Å². The van der Waals surface area contributed by atoms with Gasteiger partial charge in [0.15, 0.2) is 5.69 Å². The molecule has 1 aromatic carbocycles. The van der Waals surface area contributed by atoms with E-state index in [4.69, 9.17) is 9.84 Å². The highest BCUT2D eigenvalue weighted by Crippen LogP contribution is 2.35. The van der Waals surface area contributed by atoms with Gasteiger partial charge in [0.2, 0.25) is 0 Å². The summed E-state index contributed by atoms with van der Waals surface area (Å²) in [6, 6.07) is 5.69. The number of aryl methyl sites for hydroxylation is 3. The van der Waals surface area contributed by atoms with Crippen molar-refractivity contribution in [1.82, 2.24) is 9.78 Å². The van der Waals surface area contributed by atoms with E-state index in [1.165, 1.54) is 19.3 Å². The first-order chi connectivity index (χ1) is 11.0. The third-order valence-electron chi connectivity index (χ3n) is 4.67. The number of hydrogen-bond acceptors (Lipinski definition) is 3. The van der Waals surface area contributed by atoms with Crippen molar-refractivity contribution in [3.63, 3.8) is 0 Å². The molecule has 5 heteroatoms. The summed E-state index contributed by atoms with van der Waals surface area (Å²) >= 11 is 0. The third kappa shape index (κ3) is 3.09. The predicted octanol–water partition coefficient (Wildman–Crippen LogP) is 3.58. The average molecular weight is 314 g/mol. The Morgan fingerprint density at radius 2 is 2.00 bits per heavy atom. The molecular weight excluding hydrogens is 292 g/mol. The molecule has 5 nitrogen and oxygen atoms in total. The highest BCUT2D eigenvalue weighted by atomic mass is 16.5. The van der Waals surface area contributed by atoms with E-state index in [0.29, 0.717) is 5.92 Å². The molecule has 1 saturated carbocycles. The molecule has 23 heavy (non-hydrogen) atoms. The number of nitrogens with zero attached hydrogens (tertiary/aromatic N) is 2. The molecule has 1 aromatic heterocycles. The third-order valence-corrected chi connectivity index (χ3v) is 4.67. The molecule has 2 aromatic rings. The Kier molecular flexibility index (Phi) is 4.11. The molecule has 0 saturated heterocycles. The minimum Gasteiger partial charge on any atom is -0.493 e. The van der Waals surface area contributed by atoms with E-state index < -0.39 is 5.97 Å². The molecule has 1 heterocycles. The number of rotatable bonds is 5.